The number of nitrogens with one attached hydrogen (secondary N) is 1. The van der Waals surface area contributed by atoms with Crippen molar-refractivity contribution in [2.24, 2.45) is 5.41 Å². The minimum absolute atomic E-state index is 0.0283. The van der Waals surface area contributed by atoms with E-state index in [4.69, 9.17) is 9.47 Å². The Bertz CT molecular complexity index is 1530. The van der Waals surface area contributed by atoms with Crippen molar-refractivity contribution < 1.29 is 27.4 Å². The lowest BCUT2D eigenvalue weighted by Gasteiger charge is -2.59. The molecule has 1 amide bonds. The van der Waals surface area contributed by atoms with Crippen molar-refractivity contribution in [2.45, 2.75) is 63.6 Å². The monoisotopic (exact) mass is 594 g/mol. The first kappa shape index (κ1) is 27.9. The molecule has 2 aliphatic carbocycles. The predicted octanol–water partition coefficient (Wildman–Crippen LogP) is 4.76. The number of carbonyl (C=O) groups excluding carboxylic acids is 1. The Hall–Kier alpha value is -3.93. The standard InChI is InChI=1S/C31H33F3N6O3/c1-2-40(20-10-31(33,34)11-20)29(41)22-9-19(32)3-4-25(22)43-27-15-36-18-38-28(27)39-16-30(17-39)12-21(13-30)42-26-6-8-37-24-5-7-35-14-23(24)26/h3-4,6,8-9,15,18,20-21,35H,2,5,7,10-14,16-17H2,1H3. The summed E-state index contributed by atoms with van der Waals surface area (Å²) in [6.45, 7) is 5.18. The molecule has 4 heterocycles. The van der Waals surface area contributed by atoms with Crippen LogP contribution in [-0.4, -0.2) is 70.0 Å². The van der Waals surface area contributed by atoms with Crippen molar-refractivity contribution in [1.82, 2.24) is 25.2 Å². The van der Waals surface area contributed by atoms with Crippen molar-refractivity contribution in [3.8, 4) is 17.2 Å². The van der Waals surface area contributed by atoms with Gasteiger partial charge in [0.15, 0.2) is 11.6 Å². The van der Waals surface area contributed by atoms with Gasteiger partial charge in [-0.25, -0.2) is 23.1 Å². The SMILES string of the molecule is CCN(C(=O)c1cc(F)ccc1Oc1cncnc1N1CC2(CC(Oc3ccnc4c3CNCC4)C2)C1)C1CC(F)(F)C1. The van der Waals surface area contributed by atoms with Gasteiger partial charge in [-0.2, -0.15) is 0 Å². The average molecular weight is 595 g/mol. The van der Waals surface area contributed by atoms with Crippen molar-refractivity contribution in [3.05, 3.63) is 65.6 Å². The van der Waals surface area contributed by atoms with Gasteiger partial charge in [0.2, 0.25) is 0 Å². The van der Waals surface area contributed by atoms with Crippen LogP contribution in [0.1, 0.15) is 54.2 Å². The van der Waals surface area contributed by atoms with E-state index in [0.717, 1.165) is 68.5 Å². The molecular weight excluding hydrogens is 561 g/mol. The zero-order valence-corrected chi connectivity index (χ0v) is 23.9. The molecule has 0 unspecified atom stereocenters. The highest BCUT2D eigenvalue weighted by Crippen LogP contribution is 2.52. The Kier molecular flexibility index (Phi) is 6.91. The van der Waals surface area contributed by atoms with Crippen LogP contribution in [0.5, 0.6) is 17.2 Å². The largest absolute Gasteiger partial charge is 0.490 e. The summed E-state index contributed by atoms with van der Waals surface area (Å²) in [6.07, 6.45) is 6.87. The molecular formula is C31H33F3N6O3. The molecule has 0 bridgehead atoms. The van der Waals surface area contributed by atoms with Gasteiger partial charge in [-0.15, -0.1) is 0 Å². The third kappa shape index (κ3) is 5.26. The fraction of sp³-hybridized carbons (Fsp3) is 0.484. The number of nitrogens with zero attached hydrogens (tertiary/aromatic N) is 5. The highest BCUT2D eigenvalue weighted by molar-refractivity contribution is 5.97. The first-order chi connectivity index (χ1) is 20.7. The highest BCUT2D eigenvalue weighted by atomic mass is 19.3. The van der Waals surface area contributed by atoms with Crippen LogP contribution in [0.2, 0.25) is 0 Å². The third-order valence-electron chi connectivity index (χ3n) is 9.07. The van der Waals surface area contributed by atoms with Gasteiger partial charge in [0.05, 0.1) is 11.8 Å². The molecule has 2 aliphatic heterocycles. The molecule has 3 aromatic rings. The first-order valence-corrected chi connectivity index (χ1v) is 14.8. The number of rotatable bonds is 8. The van der Waals surface area contributed by atoms with E-state index < -0.39 is 36.5 Å². The van der Waals surface area contributed by atoms with Crippen LogP contribution in [0.15, 0.2) is 43.0 Å². The molecule has 2 saturated carbocycles. The van der Waals surface area contributed by atoms with E-state index in [-0.39, 0.29) is 29.4 Å². The number of anilines is 1. The first-order valence-electron chi connectivity index (χ1n) is 14.8. The normalized spacial score (nSPS) is 20.4. The summed E-state index contributed by atoms with van der Waals surface area (Å²) in [6, 6.07) is 5.01. The van der Waals surface area contributed by atoms with Crippen LogP contribution < -0.4 is 19.7 Å². The van der Waals surface area contributed by atoms with E-state index in [1.807, 2.05) is 12.3 Å². The minimum atomic E-state index is -2.78. The van der Waals surface area contributed by atoms with E-state index in [1.54, 1.807) is 6.92 Å². The maximum atomic E-state index is 14.3. The van der Waals surface area contributed by atoms with Gasteiger partial charge in [0.1, 0.15) is 29.7 Å². The van der Waals surface area contributed by atoms with Crippen molar-refractivity contribution in [1.29, 1.82) is 0 Å². The second-order valence-corrected chi connectivity index (χ2v) is 12.1. The summed E-state index contributed by atoms with van der Waals surface area (Å²) in [4.78, 5) is 29.9. The summed E-state index contributed by atoms with van der Waals surface area (Å²) in [5.41, 5.74) is 2.36. The molecule has 226 valence electrons. The number of hydrogen-bond acceptors (Lipinski definition) is 8. The zero-order chi connectivity index (χ0) is 29.8. The van der Waals surface area contributed by atoms with Crippen molar-refractivity contribution in [2.75, 3.05) is 31.1 Å². The molecule has 1 saturated heterocycles. The van der Waals surface area contributed by atoms with E-state index in [2.05, 4.69) is 25.2 Å². The number of pyridine rings is 1. The fourth-order valence-corrected chi connectivity index (χ4v) is 6.86. The number of hydrogen-bond donors (Lipinski definition) is 1. The lowest BCUT2D eigenvalue weighted by molar-refractivity contribution is -0.115. The summed E-state index contributed by atoms with van der Waals surface area (Å²) in [7, 11) is 0. The van der Waals surface area contributed by atoms with Gasteiger partial charge < -0.3 is 24.6 Å². The Balaban J connectivity index is 1.02. The van der Waals surface area contributed by atoms with Crippen LogP contribution in [0, 0.1) is 11.2 Å². The summed E-state index contributed by atoms with van der Waals surface area (Å²) in [5, 5.41) is 3.39. The summed E-state index contributed by atoms with van der Waals surface area (Å²) in [5.74, 6) is -2.01. The van der Waals surface area contributed by atoms with Crippen LogP contribution in [0.3, 0.4) is 0 Å². The quantitative estimate of drug-likeness (QED) is 0.400. The minimum Gasteiger partial charge on any atom is -0.490 e. The maximum Gasteiger partial charge on any atom is 0.257 e. The molecule has 3 fully saturated rings. The molecule has 0 radical (unpaired) electrons. The zero-order valence-electron chi connectivity index (χ0n) is 23.9. The Labute approximate surface area is 247 Å². The van der Waals surface area contributed by atoms with Gasteiger partial charge in [0.25, 0.3) is 11.8 Å². The van der Waals surface area contributed by atoms with Crippen LogP contribution in [0.4, 0.5) is 19.0 Å². The number of halogens is 3. The molecule has 0 atom stereocenters. The van der Waals surface area contributed by atoms with E-state index >= 15 is 0 Å². The number of carbonyl (C=O) groups is 1. The molecule has 12 heteroatoms. The number of fused-ring (bicyclic) bond motifs is 1. The van der Waals surface area contributed by atoms with Crippen LogP contribution >= 0.6 is 0 Å². The maximum absolute atomic E-state index is 14.3. The summed E-state index contributed by atoms with van der Waals surface area (Å²) >= 11 is 0. The van der Waals surface area contributed by atoms with E-state index in [0.29, 0.717) is 11.6 Å². The molecule has 1 aromatic carbocycles. The van der Waals surface area contributed by atoms with E-state index in [1.165, 1.54) is 29.6 Å². The second kappa shape index (κ2) is 10.7. The Morgan fingerprint density at radius 2 is 1.93 bits per heavy atom. The lowest BCUT2D eigenvalue weighted by Crippen LogP contribution is -2.65. The Morgan fingerprint density at radius 3 is 2.70 bits per heavy atom. The van der Waals surface area contributed by atoms with Crippen molar-refractivity contribution in [3.63, 3.8) is 0 Å². The van der Waals surface area contributed by atoms with Gasteiger partial charge >= 0.3 is 0 Å². The van der Waals surface area contributed by atoms with Gasteiger partial charge in [-0.3, -0.25) is 9.78 Å². The molecule has 4 aliphatic rings. The van der Waals surface area contributed by atoms with Gasteiger partial charge in [0, 0.05) is 80.9 Å². The fourth-order valence-electron chi connectivity index (χ4n) is 6.86. The predicted molar refractivity (Wildman–Crippen MR) is 151 cm³/mol. The molecule has 2 aromatic heterocycles. The third-order valence-corrected chi connectivity index (χ3v) is 9.07. The summed E-state index contributed by atoms with van der Waals surface area (Å²) < 4.78 is 53.9. The van der Waals surface area contributed by atoms with Gasteiger partial charge in [-0.1, -0.05) is 0 Å². The lowest BCUT2D eigenvalue weighted by atomic mass is 9.61. The smallest absolute Gasteiger partial charge is 0.257 e. The highest BCUT2D eigenvalue weighted by Gasteiger charge is 2.54. The topological polar surface area (TPSA) is 92.7 Å². The average Bonchev–Trinajstić information content (AvgIpc) is 2.94. The molecule has 43 heavy (non-hydrogen) atoms. The van der Waals surface area contributed by atoms with Gasteiger partial charge in [-0.05, 0) is 44.0 Å². The Morgan fingerprint density at radius 1 is 1.12 bits per heavy atom. The number of benzene rings is 1. The van der Waals surface area contributed by atoms with E-state index in [9.17, 15) is 18.0 Å². The molecule has 1 spiro atoms. The van der Waals surface area contributed by atoms with Crippen molar-refractivity contribution >= 4 is 11.7 Å². The number of ether oxygens (including phenoxy) is 2. The second-order valence-electron chi connectivity index (χ2n) is 12.1. The molecule has 7 rings (SSSR count). The van der Waals surface area contributed by atoms with Crippen LogP contribution in [0.25, 0.3) is 0 Å². The van der Waals surface area contributed by atoms with Crippen LogP contribution in [-0.2, 0) is 13.0 Å². The molecule has 9 nitrogen and oxygen atoms in total. The number of alkyl halides is 2. The molecule has 1 N–H and O–H groups in total. The number of amides is 1. The number of aromatic nitrogens is 3.